The van der Waals surface area contributed by atoms with E-state index in [2.05, 4.69) is 62.5 Å². The molecule has 0 aliphatic heterocycles. The lowest BCUT2D eigenvalue weighted by atomic mass is 10.0. The molecule has 0 aromatic heterocycles. The molecule has 410 valence electrons. The number of hydrogen-bond donors (Lipinski definition) is 2. The maximum absolute atomic E-state index is 13.5. The number of phosphoric ester groups is 1. The van der Waals surface area contributed by atoms with E-state index in [0.717, 1.165) is 77.0 Å². The highest BCUT2D eigenvalue weighted by Gasteiger charge is 2.30. The first kappa shape index (κ1) is 68.0. The number of quaternary nitrogens is 1. The van der Waals surface area contributed by atoms with Crippen LogP contribution in [0.3, 0.4) is 0 Å². The summed E-state index contributed by atoms with van der Waals surface area (Å²) in [5, 5.41) is 3.05. The van der Waals surface area contributed by atoms with Crippen LogP contribution in [0.4, 0.5) is 0 Å². The molecule has 0 aliphatic rings. The average Bonchev–Trinajstić information content (AvgIpc) is 3.32. The average molecular weight is 1010 g/mol. The Bertz CT molecular complexity index is 1340. The summed E-state index contributed by atoms with van der Waals surface area (Å²) in [5.41, 5.74) is 0. The molecule has 0 aromatic carbocycles. The summed E-state index contributed by atoms with van der Waals surface area (Å²) in [6.45, 7) is 6.89. The van der Waals surface area contributed by atoms with Gasteiger partial charge in [0.05, 0.1) is 33.8 Å². The lowest BCUT2D eigenvalue weighted by Gasteiger charge is -2.27. The van der Waals surface area contributed by atoms with E-state index >= 15 is 0 Å². The zero-order valence-corrected chi connectivity index (χ0v) is 47.7. The molecule has 0 aromatic rings. The van der Waals surface area contributed by atoms with E-state index in [4.69, 9.17) is 13.8 Å². The first-order chi connectivity index (χ1) is 33.9. The normalized spacial score (nSPS) is 14.1. The zero-order valence-electron chi connectivity index (χ0n) is 46.8. The van der Waals surface area contributed by atoms with Gasteiger partial charge < -0.3 is 19.4 Å². The largest absolute Gasteiger partial charge is 0.472 e. The Morgan fingerprint density at radius 3 is 1.36 bits per heavy atom. The number of rotatable bonds is 53. The molecule has 0 heterocycles. The Morgan fingerprint density at radius 1 is 0.514 bits per heavy atom. The third-order valence-corrected chi connectivity index (χ3v) is 14.1. The van der Waals surface area contributed by atoms with Crippen molar-refractivity contribution < 1.29 is 37.3 Å². The molecule has 0 aliphatic carbocycles. The summed E-state index contributed by atoms with van der Waals surface area (Å²) < 4.78 is 30.6. The fourth-order valence-corrected chi connectivity index (χ4v) is 9.27. The van der Waals surface area contributed by atoms with Gasteiger partial charge in [0.25, 0.3) is 0 Å². The first-order valence-electron chi connectivity index (χ1n) is 29.5. The van der Waals surface area contributed by atoms with Crippen LogP contribution < -0.4 is 5.32 Å². The van der Waals surface area contributed by atoms with Gasteiger partial charge in [-0.2, -0.15) is 0 Å². The predicted octanol–water partition coefficient (Wildman–Crippen LogP) is 17.7. The van der Waals surface area contributed by atoms with Gasteiger partial charge in [-0.3, -0.25) is 18.6 Å². The third kappa shape index (κ3) is 50.9. The van der Waals surface area contributed by atoms with E-state index in [0.29, 0.717) is 17.4 Å². The standard InChI is InChI=1S/C60H113N2O7P/c1-7-10-13-16-19-22-25-28-30-31-33-34-37-40-43-46-49-52-59(63)61-57(56-68-70(65,66)67-55-54-62(4,5)6)58(51-48-45-42-39-36-27-24-21-18-15-12-9-3)69-60(64)53-50-47-44-41-38-35-32-29-26-23-20-17-14-11-8-2/h11,14,17,20,23,26,48,51,57-58H,7-10,12-13,15-16,18-19,21-22,24-25,27-47,49-50,52-56H2,1-6H3,(H-,61,63,65,66)/p+1/b14-11+,20-17+,26-23+,51-48+. The van der Waals surface area contributed by atoms with E-state index < -0.39 is 20.0 Å². The van der Waals surface area contributed by atoms with Gasteiger partial charge >= 0.3 is 13.8 Å². The van der Waals surface area contributed by atoms with E-state index in [-0.39, 0.29) is 31.5 Å². The van der Waals surface area contributed by atoms with Crippen molar-refractivity contribution >= 4 is 19.7 Å². The van der Waals surface area contributed by atoms with E-state index in [9.17, 15) is 19.0 Å². The second kappa shape index (κ2) is 50.5. The van der Waals surface area contributed by atoms with Crippen LogP contribution in [0.25, 0.3) is 0 Å². The molecule has 70 heavy (non-hydrogen) atoms. The Balaban J connectivity index is 5.31. The van der Waals surface area contributed by atoms with Crippen molar-refractivity contribution in [2.75, 3.05) is 40.9 Å². The molecule has 3 atom stereocenters. The van der Waals surface area contributed by atoms with Gasteiger partial charge in [-0.05, 0) is 51.0 Å². The molecule has 0 saturated heterocycles. The lowest BCUT2D eigenvalue weighted by Crippen LogP contribution is -2.47. The second-order valence-electron chi connectivity index (χ2n) is 21.2. The minimum atomic E-state index is -4.44. The molecular formula is C60H114N2O7P+. The quantitative estimate of drug-likeness (QED) is 0.0156. The number of unbranched alkanes of at least 4 members (excludes halogenated alkanes) is 33. The van der Waals surface area contributed by atoms with Gasteiger partial charge in [0, 0.05) is 12.8 Å². The summed E-state index contributed by atoms with van der Waals surface area (Å²) in [7, 11) is 1.49. The van der Waals surface area contributed by atoms with Crippen molar-refractivity contribution in [3.63, 3.8) is 0 Å². The second-order valence-corrected chi connectivity index (χ2v) is 22.7. The maximum atomic E-state index is 13.5. The number of phosphoric acid groups is 1. The smallest absolute Gasteiger partial charge is 0.456 e. The number of ether oxygens (including phenoxy) is 1. The van der Waals surface area contributed by atoms with Crippen LogP contribution in [-0.2, 0) is 27.9 Å². The molecule has 10 heteroatoms. The molecule has 3 unspecified atom stereocenters. The van der Waals surface area contributed by atoms with Crippen molar-refractivity contribution in [3.8, 4) is 0 Å². The molecule has 9 nitrogen and oxygen atoms in total. The Kier molecular flexibility index (Phi) is 49.0. The van der Waals surface area contributed by atoms with Crippen LogP contribution in [0.5, 0.6) is 0 Å². The SMILES string of the molecule is CC/C=C/C=C/C=C/CCCCCCCCCC(=O)OC(/C=C/CCCCCCCCCCCC)C(COP(=O)(O)OCC[N+](C)(C)C)NC(=O)CCCCCCCCCCCCCCCCCCC. The molecule has 1 amide bonds. The number of esters is 1. The lowest BCUT2D eigenvalue weighted by molar-refractivity contribution is -0.870. The summed E-state index contributed by atoms with van der Waals surface area (Å²) >= 11 is 0. The number of likely N-dealkylation sites (N-methyl/N-ethyl adjacent to an activating group) is 1. The molecule has 0 radical (unpaired) electrons. The number of nitrogens with zero attached hydrogens (tertiary/aromatic N) is 1. The van der Waals surface area contributed by atoms with Crippen LogP contribution in [-0.4, -0.2) is 74.3 Å². The fraction of sp³-hybridized carbons (Fsp3) is 0.833. The number of amides is 1. The Morgan fingerprint density at radius 2 is 0.914 bits per heavy atom. The van der Waals surface area contributed by atoms with Crippen molar-refractivity contribution in [1.29, 1.82) is 0 Å². The van der Waals surface area contributed by atoms with Gasteiger partial charge in [-0.25, -0.2) is 4.57 Å². The minimum Gasteiger partial charge on any atom is -0.456 e. The van der Waals surface area contributed by atoms with Crippen LogP contribution in [0.15, 0.2) is 48.6 Å². The number of carbonyl (C=O) groups excluding carboxylic acids is 2. The van der Waals surface area contributed by atoms with Gasteiger partial charge in [0.2, 0.25) is 5.91 Å². The molecule has 0 spiro atoms. The molecule has 0 bridgehead atoms. The molecule has 0 fully saturated rings. The highest BCUT2D eigenvalue weighted by molar-refractivity contribution is 7.47. The topological polar surface area (TPSA) is 111 Å². The van der Waals surface area contributed by atoms with E-state index in [1.165, 1.54) is 161 Å². The van der Waals surface area contributed by atoms with Gasteiger partial charge in [-0.15, -0.1) is 0 Å². The maximum Gasteiger partial charge on any atom is 0.472 e. The number of nitrogens with one attached hydrogen (secondary N) is 1. The number of allylic oxidation sites excluding steroid dienone is 7. The summed E-state index contributed by atoms with van der Waals surface area (Å²) in [4.78, 5) is 37.6. The number of hydrogen-bond acceptors (Lipinski definition) is 6. The first-order valence-corrected chi connectivity index (χ1v) is 31.0. The van der Waals surface area contributed by atoms with Crippen molar-refractivity contribution in [1.82, 2.24) is 5.32 Å². The van der Waals surface area contributed by atoms with Crippen LogP contribution in [0.1, 0.15) is 271 Å². The van der Waals surface area contributed by atoms with E-state index in [1.54, 1.807) is 0 Å². The van der Waals surface area contributed by atoms with Gasteiger partial charge in [0.15, 0.2) is 0 Å². The van der Waals surface area contributed by atoms with Gasteiger partial charge in [-0.1, -0.05) is 256 Å². The van der Waals surface area contributed by atoms with Crippen LogP contribution >= 0.6 is 7.82 Å². The van der Waals surface area contributed by atoms with Crippen molar-refractivity contribution in [2.24, 2.45) is 0 Å². The van der Waals surface area contributed by atoms with Crippen LogP contribution in [0, 0.1) is 0 Å². The van der Waals surface area contributed by atoms with Crippen LogP contribution in [0.2, 0.25) is 0 Å². The number of carbonyl (C=O) groups is 2. The summed E-state index contributed by atoms with van der Waals surface area (Å²) in [6.07, 6.45) is 61.0. The summed E-state index contributed by atoms with van der Waals surface area (Å²) in [6, 6.07) is -0.850. The van der Waals surface area contributed by atoms with Gasteiger partial charge in [0.1, 0.15) is 19.3 Å². The highest BCUT2D eigenvalue weighted by Crippen LogP contribution is 2.43. The molecule has 0 rings (SSSR count). The van der Waals surface area contributed by atoms with E-state index in [1.807, 2.05) is 33.3 Å². The Labute approximate surface area is 433 Å². The Hall–Kier alpha value is -2.03. The monoisotopic (exact) mass is 1010 g/mol. The third-order valence-electron chi connectivity index (χ3n) is 13.1. The predicted molar refractivity (Wildman–Crippen MR) is 300 cm³/mol. The highest BCUT2D eigenvalue weighted by atomic mass is 31.2. The fourth-order valence-electron chi connectivity index (χ4n) is 8.53. The van der Waals surface area contributed by atoms with Crippen molar-refractivity contribution in [2.45, 2.75) is 283 Å². The molecule has 0 saturated carbocycles. The summed E-state index contributed by atoms with van der Waals surface area (Å²) in [5.74, 6) is -0.511. The molecular weight excluding hydrogens is 892 g/mol. The zero-order chi connectivity index (χ0) is 51.5. The molecule has 2 N–H and O–H groups in total. The minimum absolute atomic E-state index is 0.0391. The van der Waals surface area contributed by atoms with Crippen molar-refractivity contribution in [3.05, 3.63) is 48.6 Å².